The summed E-state index contributed by atoms with van der Waals surface area (Å²) in [5.74, 6) is 3.80. The van der Waals surface area contributed by atoms with Gasteiger partial charge in [-0.15, -0.1) is 0 Å². The molecule has 0 aromatic rings. The molecule has 132 valence electrons. The van der Waals surface area contributed by atoms with Crippen molar-refractivity contribution >= 4 is 0 Å². The van der Waals surface area contributed by atoms with Crippen molar-refractivity contribution in [3.8, 4) is 0 Å². The maximum Gasteiger partial charge on any atom is 0.104 e. The molecule has 0 amide bonds. The second kappa shape index (κ2) is 7.81. The summed E-state index contributed by atoms with van der Waals surface area (Å²) in [5, 5.41) is 0. The fourth-order valence-electron chi connectivity index (χ4n) is 4.73. The Morgan fingerprint density at radius 1 is 0.696 bits per heavy atom. The van der Waals surface area contributed by atoms with Gasteiger partial charge in [-0.3, -0.25) is 0 Å². The van der Waals surface area contributed by atoms with E-state index in [1.165, 1.54) is 44.9 Å². The number of epoxide rings is 2. The zero-order valence-electron chi connectivity index (χ0n) is 14.3. The van der Waals surface area contributed by atoms with Crippen LogP contribution in [0.15, 0.2) is 0 Å². The van der Waals surface area contributed by atoms with Gasteiger partial charge >= 0.3 is 0 Å². The SMILES string of the molecule is C(CC1CCC2CC(CCOCC3CO3)CC2C1)OCC1CO1. The minimum Gasteiger partial charge on any atom is -0.379 e. The number of rotatable bonds is 10. The lowest BCUT2D eigenvalue weighted by Crippen LogP contribution is -2.22. The molecule has 0 N–H and O–H groups in total. The maximum atomic E-state index is 5.73. The topological polar surface area (TPSA) is 43.5 Å². The second-order valence-corrected chi connectivity index (χ2v) is 8.17. The molecule has 4 aliphatic rings. The molecule has 4 fully saturated rings. The van der Waals surface area contributed by atoms with Gasteiger partial charge in [0.15, 0.2) is 0 Å². The van der Waals surface area contributed by atoms with Crippen LogP contribution in [0.2, 0.25) is 0 Å². The molecular formula is C19H32O4. The van der Waals surface area contributed by atoms with Gasteiger partial charge in [0.25, 0.3) is 0 Å². The third-order valence-corrected chi connectivity index (χ3v) is 6.27. The van der Waals surface area contributed by atoms with E-state index in [1.54, 1.807) is 0 Å². The minimum atomic E-state index is 0.412. The van der Waals surface area contributed by atoms with Gasteiger partial charge in [0.2, 0.25) is 0 Å². The Morgan fingerprint density at radius 2 is 1.26 bits per heavy atom. The van der Waals surface area contributed by atoms with Gasteiger partial charge in [0.1, 0.15) is 12.2 Å². The van der Waals surface area contributed by atoms with Crippen molar-refractivity contribution in [2.45, 2.75) is 57.2 Å². The molecule has 4 nitrogen and oxygen atoms in total. The molecule has 4 heteroatoms. The third-order valence-electron chi connectivity index (χ3n) is 6.27. The van der Waals surface area contributed by atoms with Crippen LogP contribution in [-0.2, 0) is 18.9 Å². The molecule has 0 aromatic carbocycles. The van der Waals surface area contributed by atoms with Crippen LogP contribution in [0.3, 0.4) is 0 Å². The predicted octanol–water partition coefficient (Wildman–Crippen LogP) is 3.04. The molecule has 0 radical (unpaired) electrons. The van der Waals surface area contributed by atoms with E-state index in [-0.39, 0.29) is 0 Å². The molecule has 0 spiro atoms. The molecule has 2 aliphatic heterocycles. The Hall–Kier alpha value is -0.160. The van der Waals surface area contributed by atoms with Crippen LogP contribution >= 0.6 is 0 Å². The van der Waals surface area contributed by atoms with Crippen LogP contribution < -0.4 is 0 Å². The van der Waals surface area contributed by atoms with Gasteiger partial charge < -0.3 is 18.9 Å². The first kappa shape index (κ1) is 16.3. The van der Waals surface area contributed by atoms with Gasteiger partial charge in [-0.2, -0.15) is 0 Å². The summed E-state index contributed by atoms with van der Waals surface area (Å²) in [6.07, 6.45) is 10.6. The molecule has 4 rings (SSSR count). The first-order valence-electron chi connectivity index (χ1n) is 9.75. The van der Waals surface area contributed by atoms with E-state index < -0.39 is 0 Å². The Morgan fingerprint density at radius 3 is 1.91 bits per heavy atom. The van der Waals surface area contributed by atoms with E-state index in [0.717, 1.165) is 63.3 Å². The quantitative estimate of drug-likeness (QED) is 0.458. The number of hydrogen-bond donors (Lipinski definition) is 0. The third kappa shape index (κ3) is 5.15. The van der Waals surface area contributed by atoms with Crippen molar-refractivity contribution in [2.75, 3.05) is 39.6 Å². The van der Waals surface area contributed by atoms with E-state index in [9.17, 15) is 0 Å². The first-order valence-corrected chi connectivity index (χ1v) is 9.75. The molecule has 0 bridgehead atoms. The summed E-state index contributed by atoms with van der Waals surface area (Å²) >= 11 is 0. The largest absolute Gasteiger partial charge is 0.379 e. The predicted molar refractivity (Wildman–Crippen MR) is 87.4 cm³/mol. The maximum absolute atomic E-state index is 5.73. The summed E-state index contributed by atoms with van der Waals surface area (Å²) in [6.45, 7) is 5.31. The minimum absolute atomic E-state index is 0.412. The van der Waals surface area contributed by atoms with Crippen LogP contribution in [0.1, 0.15) is 44.9 Å². The van der Waals surface area contributed by atoms with Crippen LogP contribution in [0.4, 0.5) is 0 Å². The molecule has 2 aliphatic carbocycles. The van der Waals surface area contributed by atoms with Crippen molar-refractivity contribution < 1.29 is 18.9 Å². The van der Waals surface area contributed by atoms with Gasteiger partial charge in [-0.1, -0.05) is 6.42 Å². The van der Waals surface area contributed by atoms with Crippen molar-refractivity contribution in [1.82, 2.24) is 0 Å². The van der Waals surface area contributed by atoms with Crippen molar-refractivity contribution in [3.05, 3.63) is 0 Å². The first-order chi connectivity index (χ1) is 11.4. The molecular weight excluding hydrogens is 292 g/mol. The molecule has 2 heterocycles. The van der Waals surface area contributed by atoms with E-state index in [4.69, 9.17) is 18.9 Å². The highest BCUT2D eigenvalue weighted by Crippen LogP contribution is 2.48. The second-order valence-electron chi connectivity index (χ2n) is 8.17. The molecule has 6 unspecified atom stereocenters. The lowest BCUT2D eigenvalue weighted by molar-refractivity contribution is 0.0897. The van der Waals surface area contributed by atoms with Crippen LogP contribution in [0, 0.1) is 23.7 Å². The van der Waals surface area contributed by atoms with E-state index in [2.05, 4.69) is 0 Å². The molecule has 2 saturated heterocycles. The Balaban J connectivity index is 1.09. The highest BCUT2D eigenvalue weighted by atomic mass is 16.6. The number of fused-ring (bicyclic) bond motifs is 1. The van der Waals surface area contributed by atoms with Crippen LogP contribution in [0.5, 0.6) is 0 Å². The highest BCUT2D eigenvalue weighted by molar-refractivity contribution is 4.88. The average molecular weight is 324 g/mol. The lowest BCUT2D eigenvalue weighted by atomic mass is 9.75. The molecule has 6 atom stereocenters. The average Bonchev–Trinajstić information content (AvgIpc) is 3.47. The smallest absolute Gasteiger partial charge is 0.104 e. The standard InChI is InChI=1S/C19H32O4/c1-2-16-8-15(4-6-21-11-19-13-23-19)9-17(16)7-14(1)3-5-20-10-18-12-22-18/h14-19H,1-13H2. The summed E-state index contributed by atoms with van der Waals surface area (Å²) in [7, 11) is 0. The van der Waals surface area contributed by atoms with E-state index in [0.29, 0.717) is 12.2 Å². The van der Waals surface area contributed by atoms with E-state index >= 15 is 0 Å². The van der Waals surface area contributed by atoms with Crippen molar-refractivity contribution in [3.63, 3.8) is 0 Å². The van der Waals surface area contributed by atoms with Gasteiger partial charge in [0, 0.05) is 13.2 Å². The van der Waals surface area contributed by atoms with Crippen LogP contribution in [0.25, 0.3) is 0 Å². The summed E-state index contributed by atoms with van der Waals surface area (Å²) < 4.78 is 21.8. The highest BCUT2D eigenvalue weighted by Gasteiger charge is 2.38. The fourth-order valence-corrected chi connectivity index (χ4v) is 4.73. The molecule has 2 saturated carbocycles. The van der Waals surface area contributed by atoms with E-state index in [1.807, 2.05) is 0 Å². The Bertz CT molecular complexity index is 348. The Kier molecular flexibility index (Phi) is 5.54. The number of ether oxygens (including phenoxy) is 4. The van der Waals surface area contributed by atoms with Crippen LogP contribution in [-0.4, -0.2) is 51.8 Å². The van der Waals surface area contributed by atoms with Crippen molar-refractivity contribution in [1.29, 1.82) is 0 Å². The zero-order valence-corrected chi connectivity index (χ0v) is 14.3. The van der Waals surface area contributed by atoms with Gasteiger partial charge in [-0.05, 0) is 62.2 Å². The number of hydrogen-bond acceptors (Lipinski definition) is 4. The van der Waals surface area contributed by atoms with Gasteiger partial charge in [0.05, 0.1) is 26.4 Å². The molecule has 0 aromatic heterocycles. The molecule has 23 heavy (non-hydrogen) atoms. The monoisotopic (exact) mass is 324 g/mol. The van der Waals surface area contributed by atoms with Gasteiger partial charge in [-0.25, -0.2) is 0 Å². The van der Waals surface area contributed by atoms with Crippen molar-refractivity contribution in [2.24, 2.45) is 23.7 Å². The zero-order chi connectivity index (χ0) is 15.5. The fraction of sp³-hybridized carbons (Fsp3) is 1.00. The normalized spacial score (nSPS) is 41.7. The lowest BCUT2D eigenvalue weighted by Gasteiger charge is -2.31. The summed E-state index contributed by atoms with van der Waals surface area (Å²) in [5.41, 5.74) is 0. The summed E-state index contributed by atoms with van der Waals surface area (Å²) in [6, 6.07) is 0. The summed E-state index contributed by atoms with van der Waals surface area (Å²) in [4.78, 5) is 0. The Labute approximate surface area is 140 Å².